The molecule has 0 saturated heterocycles. The number of hydrogen-bond acceptors (Lipinski definition) is 4. The Hall–Kier alpha value is -2.08. The molecule has 1 unspecified atom stereocenters. The molecule has 1 aromatic carbocycles. The van der Waals surface area contributed by atoms with Gasteiger partial charge in [-0.3, -0.25) is 4.79 Å². The van der Waals surface area contributed by atoms with Gasteiger partial charge in [0, 0.05) is 5.69 Å². The zero-order valence-electron chi connectivity index (χ0n) is 13.3. The Morgan fingerprint density at radius 2 is 2.10 bits per heavy atom. The Morgan fingerprint density at radius 1 is 1.43 bits per heavy atom. The number of carbonyl (C=O) groups excluding carboxylic acids is 1. The molecule has 0 fully saturated rings. The molecule has 0 aliphatic heterocycles. The predicted octanol–water partition coefficient (Wildman–Crippen LogP) is 1.48. The van der Waals surface area contributed by atoms with Crippen molar-refractivity contribution in [2.45, 2.75) is 26.9 Å². The van der Waals surface area contributed by atoms with Crippen molar-refractivity contribution >= 4 is 17.4 Å². The van der Waals surface area contributed by atoms with Gasteiger partial charge in [0.25, 0.3) is 5.91 Å². The van der Waals surface area contributed by atoms with Crippen LogP contribution in [0, 0.1) is 13.8 Å². The summed E-state index contributed by atoms with van der Waals surface area (Å²) in [5.74, 6) is 0.0662. The van der Waals surface area contributed by atoms with Gasteiger partial charge in [-0.25, -0.2) is 0 Å². The first kappa shape index (κ1) is 17.0. The van der Waals surface area contributed by atoms with Crippen LogP contribution in [0.25, 0.3) is 0 Å². The van der Waals surface area contributed by atoms with E-state index in [1.54, 1.807) is 6.92 Å². The summed E-state index contributed by atoms with van der Waals surface area (Å²) in [6.45, 7) is 6.02. The molecule has 0 spiro atoms. The standard InChI is InChI=1S/C15H24N4O2/c1-10-6-7-11(2)13(8-10)17-15(20)12(3)21-18-14(16)9-19(4)5/h6-8,12H,9H2,1-5H3,(H2,16,18)(H,17,20). The smallest absolute Gasteiger partial charge is 0.267 e. The van der Waals surface area contributed by atoms with Crippen LogP contribution in [0.15, 0.2) is 23.4 Å². The fourth-order valence-electron chi connectivity index (χ4n) is 1.65. The first-order chi connectivity index (χ1) is 9.79. The number of likely N-dealkylation sites (N-methyl/N-ethyl adjacent to an activating group) is 1. The average Bonchev–Trinajstić information content (AvgIpc) is 2.39. The number of benzene rings is 1. The maximum atomic E-state index is 12.1. The van der Waals surface area contributed by atoms with E-state index in [4.69, 9.17) is 10.6 Å². The molecule has 0 aliphatic carbocycles. The van der Waals surface area contributed by atoms with Gasteiger partial charge >= 0.3 is 0 Å². The minimum absolute atomic E-state index is 0.259. The Balaban J connectivity index is 2.61. The Morgan fingerprint density at radius 3 is 2.71 bits per heavy atom. The summed E-state index contributed by atoms with van der Waals surface area (Å²) in [5, 5.41) is 6.59. The lowest BCUT2D eigenvalue weighted by Crippen LogP contribution is -2.31. The van der Waals surface area contributed by atoms with Gasteiger partial charge in [-0.2, -0.15) is 0 Å². The zero-order chi connectivity index (χ0) is 16.0. The highest BCUT2D eigenvalue weighted by atomic mass is 16.6. The fraction of sp³-hybridized carbons (Fsp3) is 0.467. The molecule has 116 valence electrons. The van der Waals surface area contributed by atoms with Crippen LogP contribution in [-0.2, 0) is 9.63 Å². The van der Waals surface area contributed by atoms with Crippen LogP contribution in [-0.4, -0.2) is 43.4 Å². The van der Waals surface area contributed by atoms with E-state index in [1.807, 2.05) is 51.0 Å². The van der Waals surface area contributed by atoms with E-state index in [2.05, 4.69) is 10.5 Å². The largest absolute Gasteiger partial charge is 0.383 e. The number of rotatable bonds is 6. The Bertz CT molecular complexity index is 526. The number of nitrogens with zero attached hydrogens (tertiary/aromatic N) is 2. The highest BCUT2D eigenvalue weighted by molar-refractivity contribution is 5.94. The molecule has 0 saturated carbocycles. The van der Waals surface area contributed by atoms with Gasteiger partial charge < -0.3 is 20.8 Å². The molecule has 1 rings (SSSR count). The third kappa shape index (κ3) is 5.83. The molecule has 0 aromatic heterocycles. The van der Waals surface area contributed by atoms with Gasteiger partial charge in [0.15, 0.2) is 5.84 Å². The van der Waals surface area contributed by atoms with E-state index in [-0.39, 0.29) is 5.91 Å². The van der Waals surface area contributed by atoms with E-state index in [9.17, 15) is 4.79 Å². The van der Waals surface area contributed by atoms with Crippen LogP contribution in [0.5, 0.6) is 0 Å². The lowest BCUT2D eigenvalue weighted by atomic mass is 10.1. The quantitative estimate of drug-likeness (QED) is 0.473. The summed E-state index contributed by atoms with van der Waals surface area (Å²) in [4.78, 5) is 19.1. The van der Waals surface area contributed by atoms with E-state index in [0.717, 1.165) is 16.8 Å². The molecule has 1 amide bonds. The van der Waals surface area contributed by atoms with E-state index >= 15 is 0 Å². The minimum atomic E-state index is -0.717. The zero-order valence-corrected chi connectivity index (χ0v) is 13.3. The molecule has 0 aliphatic rings. The van der Waals surface area contributed by atoms with Crippen LogP contribution < -0.4 is 11.1 Å². The third-order valence-electron chi connectivity index (χ3n) is 2.83. The van der Waals surface area contributed by atoms with Crippen LogP contribution in [0.3, 0.4) is 0 Å². The molecule has 6 nitrogen and oxygen atoms in total. The summed E-state index contributed by atoms with van der Waals surface area (Å²) in [6.07, 6.45) is -0.717. The highest BCUT2D eigenvalue weighted by Gasteiger charge is 2.15. The van der Waals surface area contributed by atoms with E-state index < -0.39 is 6.10 Å². The van der Waals surface area contributed by atoms with Gasteiger partial charge in [-0.15, -0.1) is 0 Å². The first-order valence-electron chi connectivity index (χ1n) is 6.80. The van der Waals surface area contributed by atoms with Crippen molar-refractivity contribution in [3.63, 3.8) is 0 Å². The van der Waals surface area contributed by atoms with Gasteiger partial charge in [0.2, 0.25) is 6.10 Å². The number of aryl methyl sites for hydroxylation is 2. The molecular formula is C15H24N4O2. The summed E-state index contributed by atoms with van der Waals surface area (Å²) in [7, 11) is 3.75. The van der Waals surface area contributed by atoms with E-state index in [1.165, 1.54) is 0 Å². The summed E-state index contributed by atoms with van der Waals surface area (Å²) >= 11 is 0. The average molecular weight is 292 g/mol. The predicted molar refractivity (Wildman–Crippen MR) is 85.3 cm³/mol. The van der Waals surface area contributed by atoms with E-state index in [0.29, 0.717) is 12.4 Å². The number of hydrogen-bond donors (Lipinski definition) is 2. The minimum Gasteiger partial charge on any atom is -0.383 e. The molecule has 0 bridgehead atoms. The Kier molecular flexibility index (Phi) is 6.17. The third-order valence-corrected chi connectivity index (χ3v) is 2.83. The first-order valence-corrected chi connectivity index (χ1v) is 6.80. The topological polar surface area (TPSA) is 79.9 Å². The van der Waals surface area contributed by atoms with Crippen molar-refractivity contribution in [2.75, 3.05) is 26.0 Å². The molecular weight excluding hydrogens is 268 g/mol. The van der Waals surface area contributed by atoms with Crippen LogP contribution >= 0.6 is 0 Å². The maximum absolute atomic E-state index is 12.1. The second-order valence-corrected chi connectivity index (χ2v) is 5.38. The highest BCUT2D eigenvalue weighted by Crippen LogP contribution is 2.16. The second-order valence-electron chi connectivity index (χ2n) is 5.38. The van der Waals surface area contributed by atoms with Crippen molar-refractivity contribution in [3.05, 3.63) is 29.3 Å². The molecule has 6 heteroatoms. The van der Waals surface area contributed by atoms with Gasteiger partial charge in [-0.1, -0.05) is 17.3 Å². The van der Waals surface area contributed by atoms with Crippen molar-refractivity contribution in [1.29, 1.82) is 0 Å². The van der Waals surface area contributed by atoms with Crippen molar-refractivity contribution < 1.29 is 9.63 Å². The number of carbonyl (C=O) groups is 1. The summed E-state index contributed by atoms with van der Waals surface area (Å²) < 4.78 is 0. The lowest BCUT2D eigenvalue weighted by molar-refractivity contribution is -0.126. The molecule has 1 atom stereocenters. The van der Waals surface area contributed by atoms with Crippen molar-refractivity contribution in [3.8, 4) is 0 Å². The number of nitrogens with one attached hydrogen (secondary N) is 1. The summed E-state index contributed by atoms with van der Waals surface area (Å²) in [6, 6.07) is 5.88. The SMILES string of the molecule is Cc1ccc(C)c(NC(=O)C(C)ON=C(N)CN(C)C)c1. The molecule has 21 heavy (non-hydrogen) atoms. The van der Waals surface area contributed by atoms with Crippen LogP contribution in [0.1, 0.15) is 18.1 Å². The summed E-state index contributed by atoms with van der Waals surface area (Å²) in [5.41, 5.74) is 8.53. The normalized spacial score (nSPS) is 13.1. The van der Waals surface area contributed by atoms with Crippen LogP contribution in [0.2, 0.25) is 0 Å². The van der Waals surface area contributed by atoms with Gasteiger partial charge in [0.05, 0.1) is 6.54 Å². The number of oxime groups is 1. The Labute approximate surface area is 125 Å². The molecule has 0 radical (unpaired) electrons. The molecule has 3 N–H and O–H groups in total. The molecule has 0 heterocycles. The van der Waals surface area contributed by atoms with Gasteiger partial charge in [-0.05, 0) is 52.1 Å². The van der Waals surface area contributed by atoms with Crippen LogP contribution in [0.4, 0.5) is 5.69 Å². The number of nitrogens with two attached hydrogens (primary N) is 1. The molecule has 1 aromatic rings. The lowest BCUT2D eigenvalue weighted by Gasteiger charge is -2.14. The second kappa shape index (κ2) is 7.64. The fourth-order valence-corrected chi connectivity index (χ4v) is 1.65. The number of amides is 1. The van der Waals surface area contributed by atoms with Gasteiger partial charge in [0.1, 0.15) is 0 Å². The maximum Gasteiger partial charge on any atom is 0.267 e. The number of amidine groups is 1. The van der Waals surface area contributed by atoms with Crippen molar-refractivity contribution in [2.24, 2.45) is 10.9 Å². The monoisotopic (exact) mass is 292 g/mol. The van der Waals surface area contributed by atoms with Crippen molar-refractivity contribution in [1.82, 2.24) is 4.90 Å². The number of anilines is 1.